The summed E-state index contributed by atoms with van der Waals surface area (Å²) in [5.41, 5.74) is 3.68. The van der Waals surface area contributed by atoms with Crippen LogP contribution in [0.3, 0.4) is 0 Å². The number of aryl methyl sites for hydroxylation is 1. The van der Waals surface area contributed by atoms with Gasteiger partial charge in [0.1, 0.15) is 6.54 Å². The van der Waals surface area contributed by atoms with Crippen molar-refractivity contribution in [2.75, 3.05) is 30.8 Å². The zero-order valence-electron chi connectivity index (χ0n) is 16.7. The van der Waals surface area contributed by atoms with Gasteiger partial charge in [-0.15, -0.1) is 0 Å². The van der Waals surface area contributed by atoms with Gasteiger partial charge in [-0.1, -0.05) is 29.8 Å². The van der Waals surface area contributed by atoms with Gasteiger partial charge in [0.2, 0.25) is 5.91 Å². The molecule has 4 nitrogen and oxygen atoms in total. The summed E-state index contributed by atoms with van der Waals surface area (Å²) in [7, 11) is 0. The number of amides is 2. The second-order valence-corrected chi connectivity index (χ2v) is 8.16. The van der Waals surface area contributed by atoms with E-state index in [1.165, 1.54) is 12.0 Å². The van der Waals surface area contributed by atoms with E-state index < -0.39 is 0 Å². The maximum absolute atomic E-state index is 13.3. The molecule has 0 aromatic heterocycles. The van der Waals surface area contributed by atoms with Gasteiger partial charge in [-0.25, -0.2) is 0 Å². The summed E-state index contributed by atoms with van der Waals surface area (Å²) in [6.45, 7) is 3.67. The molecule has 0 spiro atoms. The Morgan fingerprint density at radius 2 is 1.61 bits per heavy atom. The van der Waals surface area contributed by atoms with Gasteiger partial charge in [0.15, 0.2) is 0 Å². The van der Waals surface area contributed by atoms with Crippen LogP contribution in [0.25, 0.3) is 0 Å². The monoisotopic (exact) mass is 396 g/mol. The molecular weight excluding hydrogens is 368 g/mol. The fraction of sp³-hybridized carbons (Fsp3) is 0.391. The van der Waals surface area contributed by atoms with Gasteiger partial charge in [0, 0.05) is 30.1 Å². The van der Waals surface area contributed by atoms with E-state index in [2.05, 4.69) is 6.26 Å². The third-order valence-electron chi connectivity index (χ3n) is 5.10. The fourth-order valence-electron chi connectivity index (χ4n) is 3.45. The molecule has 1 heterocycles. The van der Waals surface area contributed by atoms with Crippen LogP contribution in [0.1, 0.15) is 40.7 Å². The first-order valence-electron chi connectivity index (χ1n) is 9.82. The summed E-state index contributed by atoms with van der Waals surface area (Å²) >= 11 is 1.75. The van der Waals surface area contributed by atoms with Crippen LogP contribution in [0.2, 0.25) is 0 Å². The van der Waals surface area contributed by atoms with Crippen molar-refractivity contribution < 1.29 is 9.59 Å². The minimum Gasteiger partial charge on any atom is -0.341 e. The van der Waals surface area contributed by atoms with Crippen LogP contribution in [-0.2, 0) is 10.5 Å². The van der Waals surface area contributed by atoms with E-state index in [9.17, 15) is 9.59 Å². The molecule has 5 heteroatoms. The van der Waals surface area contributed by atoms with Gasteiger partial charge < -0.3 is 4.90 Å². The first kappa shape index (κ1) is 20.5. The van der Waals surface area contributed by atoms with E-state index in [0.717, 1.165) is 42.9 Å². The lowest BCUT2D eigenvalue weighted by molar-refractivity contribution is -0.130. The number of benzene rings is 2. The maximum atomic E-state index is 13.3. The molecule has 1 aliphatic rings. The molecule has 1 saturated heterocycles. The molecule has 1 fully saturated rings. The van der Waals surface area contributed by atoms with E-state index in [0.29, 0.717) is 5.56 Å². The summed E-state index contributed by atoms with van der Waals surface area (Å²) in [6, 6.07) is 15.5. The molecule has 3 rings (SSSR count). The van der Waals surface area contributed by atoms with Crippen LogP contribution >= 0.6 is 11.8 Å². The Labute approximate surface area is 171 Å². The molecular formula is C23H28N2O2S. The van der Waals surface area contributed by atoms with Gasteiger partial charge in [0.05, 0.1) is 0 Å². The fourth-order valence-corrected chi connectivity index (χ4v) is 3.98. The zero-order valence-corrected chi connectivity index (χ0v) is 17.5. The second-order valence-electron chi connectivity index (χ2n) is 7.30. The molecule has 0 atom stereocenters. The first-order valence-corrected chi connectivity index (χ1v) is 11.2. The number of hydrogen-bond donors (Lipinski definition) is 0. The predicted molar refractivity (Wildman–Crippen MR) is 117 cm³/mol. The highest BCUT2D eigenvalue weighted by molar-refractivity contribution is 7.97. The van der Waals surface area contributed by atoms with Crippen LogP contribution in [0.15, 0.2) is 48.5 Å². The Morgan fingerprint density at radius 3 is 2.21 bits per heavy atom. The van der Waals surface area contributed by atoms with Crippen molar-refractivity contribution in [3.63, 3.8) is 0 Å². The number of nitrogens with zero attached hydrogens (tertiary/aromatic N) is 2. The quantitative estimate of drug-likeness (QED) is 0.721. The van der Waals surface area contributed by atoms with Gasteiger partial charge in [-0.2, -0.15) is 11.8 Å². The number of anilines is 1. The summed E-state index contributed by atoms with van der Waals surface area (Å²) in [5.74, 6) is 0.807. The molecule has 1 aliphatic heterocycles. The number of hydrogen-bond acceptors (Lipinski definition) is 3. The molecule has 0 unspecified atom stereocenters. The van der Waals surface area contributed by atoms with E-state index in [4.69, 9.17) is 0 Å². The Morgan fingerprint density at radius 1 is 0.964 bits per heavy atom. The number of carbonyl (C=O) groups is 2. The number of thioether (sulfide) groups is 1. The van der Waals surface area contributed by atoms with Gasteiger partial charge in [-0.05, 0) is 62.3 Å². The van der Waals surface area contributed by atoms with Crippen molar-refractivity contribution in [3.05, 3.63) is 65.2 Å². The molecule has 2 amide bonds. The topological polar surface area (TPSA) is 40.6 Å². The van der Waals surface area contributed by atoms with E-state index >= 15 is 0 Å². The third kappa shape index (κ3) is 5.16. The maximum Gasteiger partial charge on any atom is 0.258 e. The van der Waals surface area contributed by atoms with E-state index in [1.807, 2.05) is 60.4 Å². The Kier molecular flexibility index (Phi) is 7.15. The molecule has 0 N–H and O–H groups in total. The van der Waals surface area contributed by atoms with Gasteiger partial charge in [0.25, 0.3) is 5.91 Å². The lowest BCUT2D eigenvalue weighted by Gasteiger charge is -2.30. The lowest BCUT2D eigenvalue weighted by Crippen LogP contribution is -2.45. The van der Waals surface area contributed by atoms with Crippen LogP contribution in [-0.4, -0.2) is 42.6 Å². The third-order valence-corrected chi connectivity index (χ3v) is 5.73. The Bertz CT molecular complexity index is 796. The minimum absolute atomic E-state index is 0.0210. The highest BCUT2D eigenvalue weighted by Gasteiger charge is 2.24. The summed E-state index contributed by atoms with van der Waals surface area (Å²) in [6.07, 6.45) is 5.32. The number of piperidine rings is 1. The second kappa shape index (κ2) is 9.78. The largest absolute Gasteiger partial charge is 0.341 e. The lowest BCUT2D eigenvalue weighted by atomic mass is 10.1. The molecule has 2 aromatic rings. The summed E-state index contributed by atoms with van der Waals surface area (Å²) < 4.78 is 0. The molecule has 0 bridgehead atoms. The van der Waals surface area contributed by atoms with Crippen molar-refractivity contribution in [1.82, 2.24) is 4.90 Å². The van der Waals surface area contributed by atoms with Gasteiger partial charge in [-0.3, -0.25) is 14.5 Å². The average Bonchev–Trinajstić information content (AvgIpc) is 2.73. The summed E-state index contributed by atoms with van der Waals surface area (Å²) in [4.78, 5) is 29.6. The van der Waals surface area contributed by atoms with Crippen molar-refractivity contribution in [2.24, 2.45) is 0 Å². The highest BCUT2D eigenvalue weighted by Crippen LogP contribution is 2.20. The summed E-state index contributed by atoms with van der Waals surface area (Å²) in [5, 5.41) is 0. The first-order chi connectivity index (χ1) is 13.6. The minimum atomic E-state index is -0.134. The van der Waals surface area contributed by atoms with Crippen LogP contribution in [0.4, 0.5) is 5.69 Å². The normalized spacial score (nSPS) is 14.0. The molecule has 0 saturated carbocycles. The number of likely N-dealkylation sites (tertiary alicyclic amines) is 1. The van der Waals surface area contributed by atoms with Crippen molar-refractivity contribution in [3.8, 4) is 0 Å². The van der Waals surface area contributed by atoms with Crippen LogP contribution in [0.5, 0.6) is 0 Å². The molecule has 0 radical (unpaired) electrons. The SMILES string of the molecule is CSCc1ccc(C(=O)N(CC(=O)N2CCCCC2)c2ccc(C)cc2)cc1. The van der Waals surface area contributed by atoms with Crippen molar-refractivity contribution in [1.29, 1.82) is 0 Å². The molecule has 148 valence electrons. The van der Waals surface area contributed by atoms with Crippen molar-refractivity contribution in [2.45, 2.75) is 31.9 Å². The van der Waals surface area contributed by atoms with E-state index in [1.54, 1.807) is 16.7 Å². The van der Waals surface area contributed by atoms with Crippen LogP contribution in [0, 0.1) is 6.92 Å². The zero-order chi connectivity index (χ0) is 19.9. The van der Waals surface area contributed by atoms with Gasteiger partial charge >= 0.3 is 0 Å². The number of carbonyl (C=O) groups excluding carboxylic acids is 2. The average molecular weight is 397 g/mol. The molecule has 2 aromatic carbocycles. The highest BCUT2D eigenvalue weighted by atomic mass is 32.2. The predicted octanol–water partition coefficient (Wildman–Crippen LogP) is 4.52. The number of rotatable bonds is 6. The standard InChI is InChI=1S/C23H28N2O2S/c1-18-6-12-21(13-7-18)25(16-22(26)24-14-4-3-5-15-24)23(27)20-10-8-19(9-11-20)17-28-2/h6-13H,3-5,14-17H2,1-2H3. The molecule has 28 heavy (non-hydrogen) atoms. The Hall–Kier alpha value is -2.27. The Balaban J connectivity index is 1.83. The van der Waals surface area contributed by atoms with Crippen LogP contribution < -0.4 is 4.90 Å². The van der Waals surface area contributed by atoms with Crippen molar-refractivity contribution >= 4 is 29.3 Å². The molecule has 0 aliphatic carbocycles. The smallest absolute Gasteiger partial charge is 0.258 e. The van der Waals surface area contributed by atoms with E-state index in [-0.39, 0.29) is 18.4 Å².